The van der Waals surface area contributed by atoms with Gasteiger partial charge in [0.1, 0.15) is 5.75 Å². The van der Waals surface area contributed by atoms with E-state index in [1.807, 2.05) is 13.0 Å². The Kier molecular flexibility index (Phi) is 5.44. The summed E-state index contributed by atoms with van der Waals surface area (Å²) >= 11 is 0. The lowest BCUT2D eigenvalue weighted by Crippen LogP contribution is -2.57. The van der Waals surface area contributed by atoms with E-state index in [4.69, 9.17) is 5.10 Å². The Labute approximate surface area is 167 Å². The molecule has 1 aromatic heterocycles. The smallest absolute Gasteiger partial charge is 0.406 e. The third kappa shape index (κ3) is 4.51. The number of fused-ring (bicyclic) bond motifs is 1. The van der Waals surface area contributed by atoms with Crippen LogP contribution in [0.1, 0.15) is 18.5 Å². The average molecular weight is 410 g/mol. The van der Waals surface area contributed by atoms with Gasteiger partial charge in [0, 0.05) is 50.6 Å². The second-order valence-electron chi connectivity index (χ2n) is 7.82. The van der Waals surface area contributed by atoms with Gasteiger partial charge in [0.2, 0.25) is 0 Å². The molecule has 4 rings (SSSR count). The van der Waals surface area contributed by atoms with Crippen molar-refractivity contribution < 1.29 is 23.0 Å². The quantitative estimate of drug-likeness (QED) is 0.840. The second-order valence-corrected chi connectivity index (χ2v) is 7.82. The summed E-state index contributed by atoms with van der Waals surface area (Å²) in [4.78, 5) is 4.73. The molecular formula is C20H25F3N4O2. The number of hydrogen-bond donors (Lipinski definition) is 1. The molecule has 1 N–H and O–H groups in total. The first-order chi connectivity index (χ1) is 13.8. The van der Waals surface area contributed by atoms with Crippen molar-refractivity contribution in [3.63, 3.8) is 0 Å². The summed E-state index contributed by atoms with van der Waals surface area (Å²) in [6, 6.07) is 8.20. The highest BCUT2D eigenvalue weighted by Crippen LogP contribution is 2.29. The van der Waals surface area contributed by atoms with Crippen LogP contribution < -0.4 is 9.64 Å². The molecule has 2 saturated heterocycles. The van der Waals surface area contributed by atoms with Gasteiger partial charge >= 0.3 is 6.36 Å². The van der Waals surface area contributed by atoms with Gasteiger partial charge in [-0.1, -0.05) is 0 Å². The van der Waals surface area contributed by atoms with Gasteiger partial charge in [0.25, 0.3) is 0 Å². The van der Waals surface area contributed by atoms with Crippen LogP contribution in [0.25, 0.3) is 5.69 Å². The van der Waals surface area contributed by atoms with E-state index >= 15 is 0 Å². The molecule has 1 aromatic carbocycles. The first-order valence-corrected chi connectivity index (χ1v) is 9.85. The van der Waals surface area contributed by atoms with E-state index in [1.54, 1.807) is 16.8 Å². The van der Waals surface area contributed by atoms with Crippen molar-refractivity contribution in [1.82, 2.24) is 14.7 Å². The average Bonchev–Trinajstić information content (AvgIpc) is 3.08. The summed E-state index contributed by atoms with van der Waals surface area (Å²) in [6.07, 6.45) is -2.58. The van der Waals surface area contributed by atoms with Crippen molar-refractivity contribution in [1.29, 1.82) is 0 Å². The molecule has 9 heteroatoms. The van der Waals surface area contributed by atoms with Crippen LogP contribution in [0.4, 0.5) is 19.0 Å². The first kappa shape index (κ1) is 20.0. The molecule has 29 heavy (non-hydrogen) atoms. The minimum Gasteiger partial charge on any atom is -0.406 e. The minimum absolute atomic E-state index is 0.249. The number of anilines is 1. The summed E-state index contributed by atoms with van der Waals surface area (Å²) in [7, 11) is 0. The number of piperidine rings is 1. The fourth-order valence-electron chi connectivity index (χ4n) is 4.28. The Morgan fingerprint density at radius 3 is 2.59 bits per heavy atom. The maximum atomic E-state index is 12.3. The SMILES string of the molecule is Cc1cc(N2CCN3CC(CO)CCC3C2)nn1-c1ccc(OC(F)(F)F)cc1. The molecule has 2 aliphatic heterocycles. The zero-order valence-corrected chi connectivity index (χ0v) is 16.3. The normalized spacial score (nSPS) is 23.1. The van der Waals surface area contributed by atoms with Crippen LogP contribution >= 0.6 is 0 Å². The minimum atomic E-state index is -4.70. The fraction of sp³-hybridized carbons (Fsp3) is 0.550. The molecule has 2 unspecified atom stereocenters. The number of alkyl halides is 3. The molecule has 3 heterocycles. The van der Waals surface area contributed by atoms with Gasteiger partial charge in [-0.05, 0) is 49.9 Å². The van der Waals surface area contributed by atoms with Crippen molar-refractivity contribution in [2.75, 3.05) is 37.7 Å². The van der Waals surface area contributed by atoms with Crippen LogP contribution in [0.2, 0.25) is 0 Å². The van der Waals surface area contributed by atoms with Gasteiger partial charge < -0.3 is 14.7 Å². The molecule has 0 saturated carbocycles. The largest absolute Gasteiger partial charge is 0.573 e. The van der Waals surface area contributed by atoms with Crippen LogP contribution in [0.5, 0.6) is 5.75 Å². The molecule has 0 aliphatic carbocycles. The van der Waals surface area contributed by atoms with E-state index in [1.165, 1.54) is 12.1 Å². The Bertz CT molecular complexity index is 837. The Morgan fingerprint density at radius 2 is 1.90 bits per heavy atom. The molecule has 2 atom stereocenters. The molecule has 2 aromatic rings. The lowest BCUT2D eigenvalue weighted by molar-refractivity contribution is -0.274. The molecular weight excluding hydrogens is 385 g/mol. The molecule has 2 fully saturated rings. The Hall–Kier alpha value is -2.26. The number of aliphatic hydroxyl groups is 1. The van der Waals surface area contributed by atoms with Gasteiger partial charge in [0.05, 0.1) is 5.69 Å². The maximum absolute atomic E-state index is 12.3. The fourth-order valence-corrected chi connectivity index (χ4v) is 4.28. The van der Waals surface area contributed by atoms with E-state index < -0.39 is 6.36 Å². The Balaban J connectivity index is 1.46. The standard InChI is InChI=1S/C20H25F3N4O2/c1-14-10-19(26-9-8-25-11-15(13-28)2-3-17(25)12-26)24-27(14)16-4-6-18(7-5-16)29-20(21,22)23/h4-7,10,15,17,28H,2-3,8-9,11-13H2,1H3. The summed E-state index contributed by atoms with van der Waals surface area (Å²) in [5.74, 6) is 1.01. The van der Waals surface area contributed by atoms with E-state index in [0.717, 1.165) is 50.5 Å². The number of nitrogens with zero attached hydrogens (tertiary/aromatic N) is 4. The van der Waals surface area contributed by atoms with Crippen molar-refractivity contribution in [3.05, 3.63) is 36.0 Å². The molecule has 0 bridgehead atoms. The summed E-state index contributed by atoms with van der Waals surface area (Å²) in [5.41, 5.74) is 1.60. The molecule has 0 amide bonds. The predicted molar refractivity (Wildman–Crippen MR) is 102 cm³/mol. The zero-order valence-electron chi connectivity index (χ0n) is 16.3. The highest BCUT2D eigenvalue weighted by molar-refractivity contribution is 5.45. The lowest BCUT2D eigenvalue weighted by Gasteiger charge is -2.46. The Morgan fingerprint density at radius 1 is 1.14 bits per heavy atom. The number of aryl methyl sites for hydroxylation is 1. The number of halogens is 3. The van der Waals surface area contributed by atoms with Gasteiger partial charge in [-0.25, -0.2) is 4.68 Å². The van der Waals surface area contributed by atoms with Crippen molar-refractivity contribution in [3.8, 4) is 11.4 Å². The van der Waals surface area contributed by atoms with E-state index in [0.29, 0.717) is 17.6 Å². The number of aromatic nitrogens is 2. The number of piperazine rings is 1. The number of rotatable bonds is 4. The summed E-state index contributed by atoms with van der Waals surface area (Å²) < 4.78 is 42.7. The van der Waals surface area contributed by atoms with Crippen molar-refractivity contribution >= 4 is 5.82 Å². The molecule has 0 spiro atoms. The van der Waals surface area contributed by atoms with Gasteiger partial charge in [-0.3, -0.25) is 4.90 Å². The third-order valence-corrected chi connectivity index (χ3v) is 5.78. The van der Waals surface area contributed by atoms with Crippen molar-refractivity contribution in [2.24, 2.45) is 5.92 Å². The number of aliphatic hydroxyl groups excluding tert-OH is 1. The highest BCUT2D eigenvalue weighted by Gasteiger charge is 2.33. The van der Waals surface area contributed by atoms with Crippen LogP contribution in [0.3, 0.4) is 0 Å². The molecule has 2 aliphatic rings. The number of hydrogen-bond acceptors (Lipinski definition) is 5. The molecule has 158 valence electrons. The topological polar surface area (TPSA) is 53.8 Å². The van der Waals surface area contributed by atoms with Crippen LogP contribution in [-0.2, 0) is 0 Å². The zero-order chi connectivity index (χ0) is 20.6. The van der Waals surface area contributed by atoms with Crippen LogP contribution in [-0.4, -0.2) is 65.0 Å². The summed E-state index contributed by atoms with van der Waals surface area (Å²) in [5, 5.41) is 14.1. The maximum Gasteiger partial charge on any atom is 0.573 e. The van der Waals surface area contributed by atoms with Crippen molar-refractivity contribution in [2.45, 2.75) is 32.2 Å². The molecule has 0 radical (unpaired) electrons. The monoisotopic (exact) mass is 410 g/mol. The van der Waals surface area contributed by atoms with Crippen LogP contribution in [0, 0.1) is 12.8 Å². The van der Waals surface area contributed by atoms with Gasteiger partial charge in [0.15, 0.2) is 5.82 Å². The van der Waals surface area contributed by atoms with Gasteiger partial charge in [-0.2, -0.15) is 5.10 Å². The second kappa shape index (κ2) is 7.87. The first-order valence-electron chi connectivity index (χ1n) is 9.85. The predicted octanol–water partition coefficient (Wildman–Crippen LogP) is 2.97. The van der Waals surface area contributed by atoms with E-state index in [-0.39, 0.29) is 12.4 Å². The number of benzene rings is 1. The highest BCUT2D eigenvalue weighted by atomic mass is 19.4. The lowest BCUT2D eigenvalue weighted by atomic mass is 9.91. The molecule has 6 nitrogen and oxygen atoms in total. The van der Waals surface area contributed by atoms with Crippen LogP contribution in [0.15, 0.2) is 30.3 Å². The van der Waals surface area contributed by atoms with E-state index in [9.17, 15) is 18.3 Å². The summed E-state index contributed by atoms with van der Waals surface area (Å²) in [6.45, 7) is 5.84. The van der Waals surface area contributed by atoms with Gasteiger partial charge in [-0.15, -0.1) is 13.2 Å². The third-order valence-electron chi connectivity index (χ3n) is 5.78. The van der Waals surface area contributed by atoms with E-state index in [2.05, 4.69) is 14.5 Å². The number of ether oxygens (including phenoxy) is 1.